The van der Waals surface area contributed by atoms with Gasteiger partial charge >= 0.3 is 0 Å². The second-order valence-corrected chi connectivity index (χ2v) is 7.07. The fourth-order valence-corrected chi connectivity index (χ4v) is 2.89. The first-order chi connectivity index (χ1) is 13.5. The Morgan fingerprint density at radius 1 is 1.32 bits per heavy atom. The number of rotatable bonds is 9. The highest BCUT2D eigenvalue weighted by Gasteiger charge is 2.15. The summed E-state index contributed by atoms with van der Waals surface area (Å²) in [6, 6.07) is 9.74. The van der Waals surface area contributed by atoms with Crippen molar-refractivity contribution in [3.63, 3.8) is 0 Å². The van der Waals surface area contributed by atoms with Crippen LogP contribution < -0.4 is 10.6 Å². The van der Waals surface area contributed by atoms with Crippen molar-refractivity contribution in [3.05, 3.63) is 35.4 Å². The highest BCUT2D eigenvalue weighted by molar-refractivity contribution is 6.04. The number of nitrogens with zero attached hydrogens (tertiary/aromatic N) is 2. The Bertz CT molecular complexity index is 703. The highest BCUT2D eigenvalue weighted by Crippen LogP contribution is 2.20. The lowest BCUT2D eigenvalue weighted by molar-refractivity contribution is -0.117. The van der Waals surface area contributed by atoms with Gasteiger partial charge in [-0.3, -0.25) is 9.69 Å². The number of ether oxygens (including phenoxy) is 1. The second-order valence-electron chi connectivity index (χ2n) is 7.07. The van der Waals surface area contributed by atoms with Crippen LogP contribution >= 0.6 is 0 Å². The van der Waals surface area contributed by atoms with Gasteiger partial charge in [-0.05, 0) is 36.1 Å². The van der Waals surface area contributed by atoms with Gasteiger partial charge in [0.2, 0.25) is 0 Å². The van der Waals surface area contributed by atoms with Crippen molar-refractivity contribution in [1.29, 1.82) is 5.26 Å². The molecule has 1 aromatic rings. The molecule has 7 nitrogen and oxygen atoms in total. The van der Waals surface area contributed by atoms with Crippen molar-refractivity contribution >= 4 is 17.2 Å². The minimum absolute atomic E-state index is 0.00906. The van der Waals surface area contributed by atoms with Gasteiger partial charge in [0.15, 0.2) is 0 Å². The third-order valence-electron chi connectivity index (χ3n) is 4.82. The minimum atomic E-state index is -0.409. The summed E-state index contributed by atoms with van der Waals surface area (Å²) in [5.74, 6) is -0.458. The third-order valence-corrected chi connectivity index (χ3v) is 4.82. The molecule has 2 rings (SSSR count). The van der Waals surface area contributed by atoms with E-state index >= 15 is 0 Å². The van der Waals surface area contributed by atoms with Gasteiger partial charge in [0, 0.05) is 45.0 Å². The van der Waals surface area contributed by atoms with E-state index in [0.717, 1.165) is 50.6 Å². The summed E-state index contributed by atoms with van der Waals surface area (Å²) in [5, 5.41) is 24.5. The van der Waals surface area contributed by atoms with E-state index < -0.39 is 5.91 Å². The lowest BCUT2D eigenvalue weighted by atomic mass is 10.0. The second kappa shape index (κ2) is 11.4. The van der Waals surface area contributed by atoms with Crippen LogP contribution in [0.1, 0.15) is 19.4 Å². The zero-order valence-corrected chi connectivity index (χ0v) is 16.7. The largest absolute Gasteiger partial charge is 0.396 e. The lowest BCUT2D eigenvalue weighted by Crippen LogP contribution is -2.38. The summed E-state index contributed by atoms with van der Waals surface area (Å²) in [6.45, 7) is 9.29. The van der Waals surface area contributed by atoms with Gasteiger partial charge in [0.05, 0.1) is 13.2 Å². The zero-order valence-electron chi connectivity index (χ0n) is 16.7. The van der Waals surface area contributed by atoms with E-state index in [9.17, 15) is 10.1 Å². The van der Waals surface area contributed by atoms with Crippen LogP contribution in [0.25, 0.3) is 5.57 Å². The van der Waals surface area contributed by atoms with Gasteiger partial charge in [-0.1, -0.05) is 19.1 Å². The topological polar surface area (TPSA) is 97.6 Å². The SMILES string of the molecule is C/C(=C(/C#N)C(=O)NCC(C)CO)c1ccc(NCCN2CCOCC2)cc1. The normalized spacial score (nSPS) is 16.6. The van der Waals surface area contributed by atoms with Crippen molar-refractivity contribution in [2.24, 2.45) is 5.92 Å². The molecule has 1 aliphatic rings. The monoisotopic (exact) mass is 386 g/mol. The number of anilines is 1. The average Bonchev–Trinajstić information content (AvgIpc) is 2.73. The van der Waals surface area contributed by atoms with Crippen molar-refractivity contribution in [3.8, 4) is 6.07 Å². The number of carbonyl (C=O) groups excluding carboxylic acids is 1. The molecular weight excluding hydrogens is 356 g/mol. The standard InChI is InChI=1S/C21H30N4O3/c1-16(15-26)14-24-21(27)20(13-22)17(2)18-3-5-19(6-4-18)23-7-8-25-9-11-28-12-10-25/h3-6,16,23,26H,7-12,14-15H2,1-2H3,(H,24,27)/b20-17+. The molecule has 0 spiro atoms. The summed E-state index contributed by atoms with van der Waals surface area (Å²) in [6.07, 6.45) is 0. The van der Waals surface area contributed by atoms with Crippen LogP contribution in [-0.2, 0) is 9.53 Å². The maximum absolute atomic E-state index is 12.3. The lowest BCUT2D eigenvalue weighted by Gasteiger charge is -2.26. The molecule has 1 heterocycles. The molecule has 1 atom stereocenters. The number of hydrogen-bond acceptors (Lipinski definition) is 6. The fraction of sp³-hybridized carbons (Fsp3) is 0.524. The van der Waals surface area contributed by atoms with Crippen LogP contribution in [0, 0.1) is 17.2 Å². The Kier molecular flexibility index (Phi) is 8.95. The molecule has 0 aliphatic carbocycles. The number of morpholine rings is 1. The van der Waals surface area contributed by atoms with E-state index in [0.29, 0.717) is 12.1 Å². The first kappa shape index (κ1) is 21.9. The molecule has 1 amide bonds. The van der Waals surface area contributed by atoms with Gasteiger partial charge in [0.1, 0.15) is 11.6 Å². The molecule has 0 saturated carbocycles. The van der Waals surface area contributed by atoms with E-state index in [4.69, 9.17) is 9.84 Å². The summed E-state index contributed by atoms with van der Waals surface area (Å²) >= 11 is 0. The molecule has 0 bridgehead atoms. The zero-order chi connectivity index (χ0) is 20.4. The molecule has 1 aromatic carbocycles. The number of amides is 1. The molecule has 1 fully saturated rings. The van der Waals surface area contributed by atoms with Crippen molar-refractivity contribution in [1.82, 2.24) is 10.2 Å². The number of nitrogens with one attached hydrogen (secondary N) is 2. The number of carbonyl (C=O) groups is 1. The smallest absolute Gasteiger partial charge is 0.262 e. The molecule has 0 radical (unpaired) electrons. The third kappa shape index (κ3) is 6.64. The molecule has 0 aromatic heterocycles. The molecule has 7 heteroatoms. The van der Waals surface area contributed by atoms with Crippen LogP contribution in [0.5, 0.6) is 0 Å². The molecule has 1 aliphatic heterocycles. The Balaban J connectivity index is 1.92. The van der Waals surface area contributed by atoms with Gasteiger partial charge in [-0.2, -0.15) is 5.26 Å². The summed E-state index contributed by atoms with van der Waals surface area (Å²) in [7, 11) is 0. The molecule has 3 N–H and O–H groups in total. The van der Waals surface area contributed by atoms with Crippen LogP contribution in [-0.4, -0.2) is 68.5 Å². The van der Waals surface area contributed by atoms with Crippen molar-refractivity contribution < 1.29 is 14.6 Å². The minimum Gasteiger partial charge on any atom is -0.396 e. The number of aliphatic hydroxyl groups is 1. The van der Waals surface area contributed by atoms with Crippen LogP contribution in [0.2, 0.25) is 0 Å². The Hall–Kier alpha value is -2.40. The average molecular weight is 386 g/mol. The van der Waals surface area contributed by atoms with E-state index in [1.165, 1.54) is 0 Å². The first-order valence-electron chi connectivity index (χ1n) is 9.69. The van der Waals surface area contributed by atoms with E-state index in [2.05, 4.69) is 15.5 Å². The Morgan fingerprint density at radius 2 is 2.00 bits per heavy atom. The summed E-state index contributed by atoms with van der Waals surface area (Å²) in [5.41, 5.74) is 2.57. The first-order valence-corrected chi connectivity index (χ1v) is 9.69. The van der Waals surface area contributed by atoms with E-state index in [1.807, 2.05) is 37.3 Å². The summed E-state index contributed by atoms with van der Waals surface area (Å²) in [4.78, 5) is 14.6. The van der Waals surface area contributed by atoms with Gasteiger partial charge in [-0.25, -0.2) is 0 Å². The van der Waals surface area contributed by atoms with Crippen molar-refractivity contribution in [2.75, 3.05) is 57.9 Å². The number of aliphatic hydroxyl groups excluding tert-OH is 1. The van der Waals surface area contributed by atoms with Crippen LogP contribution in [0.15, 0.2) is 29.8 Å². The van der Waals surface area contributed by atoms with Gasteiger partial charge in [-0.15, -0.1) is 0 Å². The number of hydrogen-bond donors (Lipinski definition) is 3. The fourth-order valence-electron chi connectivity index (χ4n) is 2.89. The Morgan fingerprint density at radius 3 is 2.61 bits per heavy atom. The molecule has 1 saturated heterocycles. The number of benzene rings is 1. The number of nitriles is 1. The van der Waals surface area contributed by atoms with E-state index in [-0.39, 0.29) is 18.1 Å². The summed E-state index contributed by atoms with van der Waals surface area (Å²) < 4.78 is 5.35. The number of allylic oxidation sites excluding steroid dienone is 1. The quantitative estimate of drug-likeness (QED) is 0.439. The predicted octanol–water partition coefficient (Wildman–Crippen LogP) is 1.47. The molecular formula is C21H30N4O3. The molecule has 1 unspecified atom stereocenters. The van der Waals surface area contributed by atoms with Crippen molar-refractivity contribution in [2.45, 2.75) is 13.8 Å². The highest BCUT2D eigenvalue weighted by atomic mass is 16.5. The van der Waals surface area contributed by atoms with E-state index in [1.54, 1.807) is 6.92 Å². The van der Waals surface area contributed by atoms with Gasteiger partial charge in [0.25, 0.3) is 5.91 Å². The Labute approximate surface area is 167 Å². The maximum atomic E-state index is 12.3. The van der Waals surface area contributed by atoms with Crippen LogP contribution in [0.4, 0.5) is 5.69 Å². The van der Waals surface area contributed by atoms with Gasteiger partial charge < -0.3 is 20.5 Å². The maximum Gasteiger partial charge on any atom is 0.262 e. The predicted molar refractivity (Wildman–Crippen MR) is 110 cm³/mol. The molecule has 28 heavy (non-hydrogen) atoms. The van der Waals surface area contributed by atoms with Crippen LogP contribution in [0.3, 0.4) is 0 Å². The molecule has 152 valence electrons.